The molecule has 1 aromatic heterocycles. The van der Waals surface area contributed by atoms with Gasteiger partial charge in [0.25, 0.3) is 0 Å². The van der Waals surface area contributed by atoms with Crippen molar-refractivity contribution in [3.05, 3.63) is 53.9 Å². The van der Waals surface area contributed by atoms with Crippen LogP contribution in [0.3, 0.4) is 0 Å². The Balaban J connectivity index is 1.69. The summed E-state index contributed by atoms with van der Waals surface area (Å²) in [5.41, 5.74) is -1.12. The molecule has 0 unspecified atom stereocenters. The Hall–Kier alpha value is -1.77. The van der Waals surface area contributed by atoms with Crippen molar-refractivity contribution in [3.8, 4) is 0 Å². The normalized spacial score (nSPS) is 17.3. The lowest BCUT2D eigenvalue weighted by Gasteiger charge is -2.29. The largest absolute Gasteiger partial charge is 0.446 e. The summed E-state index contributed by atoms with van der Waals surface area (Å²) < 4.78 is 37.6. The van der Waals surface area contributed by atoms with Crippen LogP contribution in [0, 0.1) is 0 Å². The van der Waals surface area contributed by atoms with Gasteiger partial charge in [-0.15, -0.1) is 0 Å². The van der Waals surface area contributed by atoms with Crippen LogP contribution in [0.1, 0.15) is 25.1 Å². The topological polar surface area (TPSA) is 22.6 Å². The number of pyridine rings is 1. The van der Waals surface area contributed by atoms with Gasteiger partial charge in [-0.2, -0.15) is 13.2 Å². The van der Waals surface area contributed by atoms with Crippen LogP contribution in [0.5, 0.6) is 0 Å². The van der Waals surface area contributed by atoms with E-state index in [0.717, 1.165) is 37.7 Å². The van der Waals surface area contributed by atoms with Crippen LogP contribution in [-0.4, -0.2) is 53.1 Å². The van der Waals surface area contributed by atoms with E-state index in [1.165, 1.54) is 5.56 Å². The first-order chi connectivity index (χ1) is 13.5. The molecule has 3 rings (SSSR count). The van der Waals surface area contributed by atoms with E-state index in [1.807, 2.05) is 26.4 Å². The predicted octanol–water partition coefficient (Wildman–Crippen LogP) is 4.81. The summed E-state index contributed by atoms with van der Waals surface area (Å²) in [6.07, 6.45) is 1.85. The van der Waals surface area contributed by atoms with E-state index >= 15 is 0 Å². The Bertz CT molecular complexity index is 821. The summed E-state index contributed by atoms with van der Waals surface area (Å²) in [7, 11) is 4.04. The van der Waals surface area contributed by atoms with Gasteiger partial charge in [0.1, 0.15) is 0 Å². The van der Waals surface area contributed by atoms with Crippen LogP contribution in [0.25, 0.3) is 0 Å². The monoisotopic (exact) mass is 424 g/mol. The molecule has 0 saturated carbocycles. The first kappa shape index (κ1) is 21.9. The number of halogens is 3. The average molecular weight is 425 g/mol. The molecule has 158 valence electrons. The number of thioether (sulfide) groups is 1. The Morgan fingerprint density at radius 3 is 2.45 bits per heavy atom. The van der Waals surface area contributed by atoms with Gasteiger partial charge in [0.2, 0.25) is 0 Å². The molecule has 1 aromatic carbocycles. The quantitative estimate of drug-likeness (QED) is 0.619. The highest BCUT2D eigenvalue weighted by molar-refractivity contribution is 8.00. The number of benzene rings is 1. The Labute approximate surface area is 174 Å². The maximum atomic E-state index is 12.5. The van der Waals surface area contributed by atoms with E-state index in [2.05, 4.69) is 39.6 Å². The second-order valence-electron chi connectivity index (χ2n) is 8.28. The van der Waals surface area contributed by atoms with Crippen LogP contribution in [0.15, 0.2) is 47.5 Å². The standard InChI is InChI=1S/C21H27F3N4S/c1-20(2)14-27(18-5-7-19(8-6-18)29-21(22,23)24)15-28(20)12-16-9-10-25-17(11-16)13-26(3)4/h5-11H,12-15H2,1-4H3. The fourth-order valence-electron chi connectivity index (χ4n) is 3.57. The molecule has 1 saturated heterocycles. The van der Waals surface area contributed by atoms with E-state index in [-0.39, 0.29) is 22.2 Å². The van der Waals surface area contributed by atoms with Gasteiger partial charge < -0.3 is 9.80 Å². The van der Waals surface area contributed by atoms with Gasteiger partial charge in [0.05, 0.1) is 12.4 Å². The number of nitrogens with zero attached hydrogens (tertiary/aromatic N) is 4. The van der Waals surface area contributed by atoms with E-state index in [0.29, 0.717) is 0 Å². The Morgan fingerprint density at radius 1 is 1.14 bits per heavy atom. The molecule has 1 fully saturated rings. The molecule has 2 aromatic rings. The van der Waals surface area contributed by atoms with Gasteiger partial charge in [-0.3, -0.25) is 9.88 Å². The van der Waals surface area contributed by atoms with E-state index in [4.69, 9.17) is 0 Å². The molecule has 0 radical (unpaired) electrons. The molecule has 2 heterocycles. The number of hydrogen-bond acceptors (Lipinski definition) is 5. The van der Waals surface area contributed by atoms with Crippen molar-refractivity contribution in [2.75, 3.05) is 32.2 Å². The molecule has 29 heavy (non-hydrogen) atoms. The van der Waals surface area contributed by atoms with E-state index in [1.54, 1.807) is 24.3 Å². The molecule has 0 aliphatic carbocycles. The van der Waals surface area contributed by atoms with Crippen molar-refractivity contribution >= 4 is 17.4 Å². The van der Waals surface area contributed by atoms with Crippen LogP contribution < -0.4 is 4.90 Å². The summed E-state index contributed by atoms with van der Waals surface area (Å²) in [6, 6.07) is 10.8. The third-order valence-electron chi connectivity index (χ3n) is 4.94. The second-order valence-corrected chi connectivity index (χ2v) is 9.42. The highest BCUT2D eigenvalue weighted by Gasteiger charge is 2.37. The maximum Gasteiger partial charge on any atom is 0.446 e. The highest BCUT2D eigenvalue weighted by Crippen LogP contribution is 2.38. The van der Waals surface area contributed by atoms with Crippen molar-refractivity contribution in [2.24, 2.45) is 0 Å². The smallest absolute Gasteiger partial charge is 0.357 e. The Morgan fingerprint density at radius 2 is 1.83 bits per heavy atom. The first-order valence-electron chi connectivity index (χ1n) is 9.46. The van der Waals surface area contributed by atoms with Gasteiger partial charge in [-0.1, -0.05) is 0 Å². The SMILES string of the molecule is CN(C)Cc1cc(CN2CN(c3ccc(SC(F)(F)F)cc3)CC2(C)C)ccn1. The molecule has 1 aliphatic rings. The zero-order chi connectivity index (χ0) is 21.2. The van der Waals surface area contributed by atoms with Gasteiger partial charge >= 0.3 is 5.51 Å². The number of hydrogen-bond donors (Lipinski definition) is 0. The van der Waals surface area contributed by atoms with Crippen molar-refractivity contribution in [1.29, 1.82) is 0 Å². The van der Waals surface area contributed by atoms with E-state index in [9.17, 15) is 13.2 Å². The molecular weight excluding hydrogens is 397 g/mol. The molecule has 8 heteroatoms. The fraction of sp³-hybridized carbons (Fsp3) is 0.476. The second kappa shape index (κ2) is 8.53. The van der Waals surface area contributed by atoms with Crippen LogP contribution in [-0.2, 0) is 13.1 Å². The van der Waals surface area contributed by atoms with Crippen LogP contribution in [0.4, 0.5) is 18.9 Å². The minimum absolute atomic E-state index is 0.0512. The fourth-order valence-corrected chi connectivity index (χ4v) is 4.11. The lowest BCUT2D eigenvalue weighted by molar-refractivity contribution is -0.0328. The van der Waals surface area contributed by atoms with Crippen molar-refractivity contribution in [3.63, 3.8) is 0 Å². The molecule has 0 bridgehead atoms. The van der Waals surface area contributed by atoms with E-state index < -0.39 is 5.51 Å². The summed E-state index contributed by atoms with van der Waals surface area (Å²) in [5.74, 6) is 0. The molecule has 0 atom stereocenters. The van der Waals surface area contributed by atoms with Crippen LogP contribution in [0.2, 0.25) is 0 Å². The van der Waals surface area contributed by atoms with Gasteiger partial charge in [0, 0.05) is 42.0 Å². The third-order valence-corrected chi connectivity index (χ3v) is 5.68. The number of rotatable bonds is 6. The summed E-state index contributed by atoms with van der Waals surface area (Å²) >= 11 is -0.0788. The molecule has 0 N–H and O–H groups in total. The molecular formula is C21H27F3N4S. The first-order valence-corrected chi connectivity index (χ1v) is 10.3. The lowest BCUT2D eigenvalue weighted by atomic mass is 10.0. The highest BCUT2D eigenvalue weighted by atomic mass is 32.2. The summed E-state index contributed by atoms with van der Waals surface area (Å²) in [5, 5.41) is 0. The predicted molar refractivity (Wildman–Crippen MR) is 112 cm³/mol. The average Bonchev–Trinajstić information content (AvgIpc) is 2.88. The molecule has 1 aliphatic heterocycles. The lowest BCUT2D eigenvalue weighted by Crippen LogP contribution is -2.39. The summed E-state index contributed by atoms with van der Waals surface area (Å²) in [6.45, 7) is 7.53. The maximum absolute atomic E-state index is 12.5. The zero-order valence-electron chi connectivity index (χ0n) is 17.2. The van der Waals surface area contributed by atoms with Crippen LogP contribution >= 0.6 is 11.8 Å². The number of anilines is 1. The molecule has 0 spiro atoms. The number of aromatic nitrogens is 1. The van der Waals surface area contributed by atoms with Crippen molar-refractivity contribution < 1.29 is 13.2 Å². The third kappa shape index (κ3) is 6.10. The van der Waals surface area contributed by atoms with Gasteiger partial charge in [-0.25, -0.2) is 0 Å². The molecule has 4 nitrogen and oxygen atoms in total. The number of alkyl halides is 3. The minimum Gasteiger partial charge on any atom is -0.357 e. The Kier molecular flexibility index (Phi) is 6.45. The van der Waals surface area contributed by atoms with Gasteiger partial charge in [0.15, 0.2) is 0 Å². The summed E-state index contributed by atoms with van der Waals surface area (Å²) in [4.78, 5) is 11.3. The van der Waals surface area contributed by atoms with Crippen molar-refractivity contribution in [2.45, 2.75) is 42.9 Å². The van der Waals surface area contributed by atoms with Gasteiger partial charge in [-0.05, 0) is 81.7 Å². The minimum atomic E-state index is -4.26. The molecule has 0 amide bonds. The zero-order valence-corrected chi connectivity index (χ0v) is 18.0. The van der Waals surface area contributed by atoms with Crippen molar-refractivity contribution in [1.82, 2.24) is 14.8 Å².